The highest BCUT2D eigenvalue weighted by Crippen LogP contribution is 2.43. The number of aliphatic hydroxyl groups is 1. The maximum absolute atomic E-state index is 11.2. The van der Waals surface area contributed by atoms with Crippen molar-refractivity contribution in [3.63, 3.8) is 0 Å². The lowest BCUT2D eigenvalue weighted by atomic mass is 10.1. The molecule has 0 aliphatic carbocycles. The van der Waals surface area contributed by atoms with Crippen molar-refractivity contribution in [3.05, 3.63) is 11.6 Å². The zero-order valence-electron chi connectivity index (χ0n) is 8.13. The van der Waals surface area contributed by atoms with E-state index in [0.717, 1.165) is 0 Å². The molecule has 1 aromatic carbocycles. The van der Waals surface area contributed by atoms with Gasteiger partial charge in [0.25, 0.3) is 0 Å². The number of rotatable bonds is 2. The van der Waals surface area contributed by atoms with E-state index in [1.54, 1.807) is 0 Å². The van der Waals surface area contributed by atoms with Crippen molar-refractivity contribution in [1.29, 1.82) is 0 Å². The first kappa shape index (κ1) is 10.8. The Bertz CT molecular complexity index is 540. The van der Waals surface area contributed by atoms with Crippen LogP contribution in [0.3, 0.4) is 0 Å². The number of fused-ring (bicyclic) bond motifs is 2. The minimum atomic E-state index is -4.13. The third kappa shape index (κ3) is 1.61. The minimum absolute atomic E-state index is 0.0551. The molecule has 0 saturated heterocycles. The summed E-state index contributed by atoms with van der Waals surface area (Å²) in [5.41, 5.74) is 12.0. The van der Waals surface area contributed by atoms with Gasteiger partial charge in [-0.3, -0.25) is 0 Å². The fourth-order valence-electron chi connectivity index (χ4n) is 1.47. The highest BCUT2D eigenvalue weighted by molar-refractivity contribution is 7.82. The van der Waals surface area contributed by atoms with Crippen LogP contribution in [-0.4, -0.2) is 20.1 Å². The van der Waals surface area contributed by atoms with Crippen LogP contribution in [0.4, 0.5) is 11.4 Å². The van der Waals surface area contributed by atoms with Gasteiger partial charge < -0.3 is 24.9 Å². The Kier molecular flexibility index (Phi) is 2.32. The molecule has 1 aromatic rings. The van der Waals surface area contributed by atoms with E-state index < -0.39 is 10.4 Å². The maximum atomic E-state index is 11.2. The van der Waals surface area contributed by atoms with E-state index in [-0.39, 0.29) is 35.9 Å². The van der Waals surface area contributed by atoms with E-state index in [0.29, 0.717) is 5.56 Å². The summed E-state index contributed by atoms with van der Waals surface area (Å²) >= 11 is 0. The van der Waals surface area contributed by atoms with Crippen molar-refractivity contribution in [2.75, 3.05) is 18.1 Å². The lowest BCUT2D eigenvalue weighted by molar-refractivity contribution is 0.297. The molecule has 0 spiro atoms. The fraction of sp³-hybridized carbons (Fsp3) is 0.250. The van der Waals surface area contributed by atoms with Gasteiger partial charge in [0.15, 0.2) is 11.5 Å². The first-order valence-electron chi connectivity index (χ1n) is 4.40. The molecule has 5 N–H and O–H groups in total. The van der Waals surface area contributed by atoms with Gasteiger partial charge in [0.1, 0.15) is 5.69 Å². The fourth-order valence-corrected chi connectivity index (χ4v) is 2.26. The topological polar surface area (TPSA) is 125 Å². The molecule has 0 radical (unpaired) electrons. The largest absolute Gasteiger partial charge is 0.501 e. The molecular weight excluding hydrogens is 236 g/mol. The Balaban J connectivity index is 2.65. The first-order chi connectivity index (χ1) is 7.44. The van der Waals surface area contributed by atoms with Gasteiger partial charge in [-0.15, -0.1) is 8.42 Å². The molecule has 1 heterocycles. The predicted octanol–water partition coefficient (Wildman–Crippen LogP) is -0.598. The number of anilines is 2. The molecule has 88 valence electrons. The van der Waals surface area contributed by atoms with E-state index in [2.05, 4.69) is 8.37 Å². The number of hydrogen-bond acceptors (Lipinski definition) is 7. The van der Waals surface area contributed by atoms with Crippen molar-refractivity contribution in [2.45, 2.75) is 6.42 Å². The number of nitrogen functional groups attached to an aromatic ring is 2. The van der Waals surface area contributed by atoms with Gasteiger partial charge >= 0.3 is 10.4 Å². The van der Waals surface area contributed by atoms with Gasteiger partial charge in [0, 0.05) is 30.3 Å². The van der Waals surface area contributed by atoms with E-state index in [9.17, 15) is 8.42 Å². The summed E-state index contributed by atoms with van der Waals surface area (Å²) in [6, 6.07) is 1.30. The van der Waals surface area contributed by atoms with Crippen molar-refractivity contribution in [3.8, 4) is 11.5 Å². The Labute approximate surface area is 91.9 Å². The highest BCUT2D eigenvalue weighted by atomic mass is 32.3. The van der Waals surface area contributed by atoms with Crippen molar-refractivity contribution < 1.29 is 21.9 Å². The molecular formula is C8H10N2O5S. The molecule has 0 aromatic heterocycles. The molecule has 0 atom stereocenters. The molecule has 1 aliphatic heterocycles. The lowest BCUT2D eigenvalue weighted by Crippen LogP contribution is -2.24. The zero-order chi connectivity index (χ0) is 11.9. The summed E-state index contributed by atoms with van der Waals surface area (Å²) in [4.78, 5) is 0. The molecule has 0 unspecified atom stereocenters. The van der Waals surface area contributed by atoms with Crippen LogP contribution >= 0.6 is 0 Å². The van der Waals surface area contributed by atoms with E-state index in [1.807, 2.05) is 0 Å². The van der Waals surface area contributed by atoms with Crippen molar-refractivity contribution in [2.24, 2.45) is 0 Å². The molecule has 0 amide bonds. The van der Waals surface area contributed by atoms with Crippen LogP contribution < -0.4 is 19.8 Å². The standard InChI is InChI=1S/C8H10N2O5S/c9-5-3-6-7(10)8(4(5)1-2-11)15-16(12,13)14-6/h3,11H,1-2,9-10H2. The summed E-state index contributed by atoms with van der Waals surface area (Å²) in [5.74, 6) is -0.115. The van der Waals surface area contributed by atoms with Gasteiger partial charge in [-0.1, -0.05) is 0 Å². The third-order valence-corrected chi connectivity index (χ3v) is 2.91. The number of aliphatic hydroxyl groups excluding tert-OH is 1. The summed E-state index contributed by atoms with van der Waals surface area (Å²) in [7, 11) is -4.13. The summed E-state index contributed by atoms with van der Waals surface area (Å²) in [6.07, 6.45) is 0.154. The highest BCUT2D eigenvalue weighted by Gasteiger charge is 2.30. The van der Waals surface area contributed by atoms with E-state index >= 15 is 0 Å². The van der Waals surface area contributed by atoms with Crippen LogP contribution in [-0.2, 0) is 16.8 Å². The number of nitrogens with two attached hydrogens (primary N) is 2. The van der Waals surface area contributed by atoms with E-state index in [1.165, 1.54) is 6.07 Å². The van der Waals surface area contributed by atoms with Crippen LogP contribution in [0.1, 0.15) is 5.56 Å². The molecule has 1 aliphatic rings. The second-order valence-electron chi connectivity index (χ2n) is 3.23. The van der Waals surface area contributed by atoms with Gasteiger partial charge in [0.2, 0.25) is 0 Å². The zero-order valence-corrected chi connectivity index (χ0v) is 8.95. The van der Waals surface area contributed by atoms with Crippen molar-refractivity contribution in [1.82, 2.24) is 0 Å². The van der Waals surface area contributed by atoms with Gasteiger partial charge in [-0.05, 0) is 0 Å². The third-order valence-electron chi connectivity index (χ3n) is 2.16. The molecule has 0 saturated carbocycles. The van der Waals surface area contributed by atoms with E-state index in [4.69, 9.17) is 16.6 Å². The van der Waals surface area contributed by atoms with Gasteiger partial charge in [0.05, 0.1) is 0 Å². The Morgan fingerprint density at radius 1 is 1.31 bits per heavy atom. The predicted molar refractivity (Wildman–Crippen MR) is 56.2 cm³/mol. The van der Waals surface area contributed by atoms with Gasteiger partial charge in [-0.25, -0.2) is 0 Å². The number of benzene rings is 1. The van der Waals surface area contributed by atoms with Crippen LogP contribution in [0.5, 0.6) is 11.5 Å². The molecule has 0 fully saturated rings. The quantitative estimate of drug-likeness (QED) is 0.595. The molecule has 16 heavy (non-hydrogen) atoms. The average molecular weight is 246 g/mol. The average Bonchev–Trinajstić information content (AvgIpc) is 2.17. The molecule has 2 rings (SSSR count). The Morgan fingerprint density at radius 2 is 2.00 bits per heavy atom. The van der Waals surface area contributed by atoms with Crippen molar-refractivity contribution >= 4 is 21.8 Å². The Hall–Kier alpha value is -1.67. The van der Waals surface area contributed by atoms with Crippen LogP contribution in [0.25, 0.3) is 0 Å². The van der Waals surface area contributed by atoms with Crippen LogP contribution in [0, 0.1) is 0 Å². The summed E-state index contributed by atoms with van der Waals surface area (Å²) in [6.45, 7) is -0.194. The van der Waals surface area contributed by atoms with Crippen LogP contribution in [0.2, 0.25) is 0 Å². The monoisotopic (exact) mass is 246 g/mol. The second-order valence-corrected chi connectivity index (χ2v) is 4.38. The molecule has 7 nitrogen and oxygen atoms in total. The lowest BCUT2D eigenvalue weighted by Gasteiger charge is -2.21. The minimum Gasteiger partial charge on any atom is -0.398 e. The molecule has 8 heteroatoms. The normalized spacial score (nSPS) is 16.3. The Morgan fingerprint density at radius 3 is 2.62 bits per heavy atom. The maximum Gasteiger partial charge on any atom is 0.501 e. The smallest absolute Gasteiger partial charge is 0.398 e. The SMILES string of the molecule is Nc1cc2c(N)c(c1CCO)OS(=O)(=O)O2. The number of hydrogen-bond donors (Lipinski definition) is 3. The summed E-state index contributed by atoms with van der Waals surface area (Å²) < 4.78 is 31.4. The second kappa shape index (κ2) is 3.42. The van der Waals surface area contributed by atoms with Gasteiger partial charge in [-0.2, -0.15) is 0 Å². The first-order valence-corrected chi connectivity index (χ1v) is 5.73. The van der Waals surface area contributed by atoms with Crippen LogP contribution in [0.15, 0.2) is 6.07 Å². The molecule has 2 bridgehead atoms. The summed E-state index contributed by atoms with van der Waals surface area (Å²) in [5, 5.41) is 8.84.